The average Bonchev–Trinajstić information content (AvgIpc) is 2.91. The molecule has 2 N–H and O–H groups in total. The predicted molar refractivity (Wildman–Crippen MR) is 70.8 cm³/mol. The summed E-state index contributed by atoms with van der Waals surface area (Å²) in [7, 11) is 0. The third-order valence-electron chi connectivity index (χ3n) is 4.47. The van der Waals surface area contributed by atoms with Crippen molar-refractivity contribution < 1.29 is 14.7 Å². The number of rotatable bonds is 3. The number of nitrogens with zero attached hydrogens (tertiary/aromatic N) is 1. The number of nitrogens with one attached hydrogen (secondary N) is 1. The molecule has 5 nitrogen and oxygen atoms in total. The normalized spacial score (nSPS) is 33.1. The van der Waals surface area contributed by atoms with Crippen molar-refractivity contribution in [1.29, 1.82) is 0 Å². The Morgan fingerprint density at radius 1 is 1.21 bits per heavy atom. The Labute approximate surface area is 115 Å². The standard InChI is InChI=1S/C13H16N2O3S/c16-11(15-13-14-5-6-19-13)9-7-1-3-8(4-2-7)10(9)12(17)18/h5-10H,1-4H2,(H,17,18)(H,14,15,16)/t7?,8?,9-,10+/m1/s1. The number of hydrogen-bond donors (Lipinski definition) is 2. The second-order valence-electron chi connectivity index (χ2n) is 5.39. The summed E-state index contributed by atoms with van der Waals surface area (Å²) in [6, 6.07) is 0. The number of fused-ring (bicyclic) bond motifs is 3. The van der Waals surface area contributed by atoms with Crippen LogP contribution in [0.2, 0.25) is 0 Å². The first kappa shape index (κ1) is 12.6. The predicted octanol–water partition coefficient (Wildman–Crippen LogP) is 2.22. The molecule has 2 bridgehead atoms. The molecule has 3 aliphatic carbocycles. The molecule has 19 heavy (non-hydrogen) atoms. The maximum atomic E-state index is 12.4. The summed E-state index contributed by atoms with van der Waals surface area (Å²) in [5.41, 5.74) is 0. The van der Waals surface area contributed by atoms with Crippen molar-refractivity contribution >= 4 is 28.3 Å². The van der Waals surface area contributed by atoms with Gasteiger partial charge in [-0.2, -0.15) is 0 Å². The van der Waals surface area contributed by atoms with E-state index in [-0.39, 0.29) is 17.7 Å². The van der Waals surface area contributed by atoms with E-state index < -0.39 is 17.8 Å². The molecule has 0 saturated heterocycles. The van der Waals surface area contributed by atoms with E-state index in [2.05, 4.69) is 10.3 Å². The summed E-state index contributed by atoms with van der Waals surface area (Å²) in [4.78, 5) is 27.9. The minimum atomic E-state index is -0.825. The zero-order chi connectivity index (χ0) is 13.4. The lowest BCUT2D eigenvalue weighted by Crippen LogP contribution is -2.49. The van der Waals surface area contributed by atoms with Gasteiger partial charge in [0.1, 0.15) is 0 Å². The lowest BCUT2D eigenvalue weighted by atomic mass is 9.58. The van der Waals surface area contributed by atoms with Gasteiger partial charge in [-0.05, 0) is 37.5 Å². The number of aromatic nitrogens is 1. The minimum absolute atomic E-state index is 0.162. The molecule has 102 valence electrons. The molecule has 1 aromatic heterocycles. The number of carboxylic acid groups (broad SMARTS) is 1. The molecule has 0 unspecified atom stereocenters. The smallest absolute Gasteiger partial charge is 0.307 e. The number of amides is 1. The van der Waals surface area contributed by atoms with Gasteiger partial charge in [0.2, 0.25) is 5.91 Å². The zero-order valence-corrected chi connectivity index (χ0v) is 11.2. The van der Waals surface area contributed by atoms with Gasteiger partial charge in [-0.1, -0.05) is 0 Å². The molecule has 0 spiro atoms. The third-order valence-corrected chi connectivity index (χ3v) is 5.16. The summed E-state index contributed by atoms with van der Waals surface area (Å²) < 4.78 is 0. The molecule has 3 saturated carbocycles. The number of aliphatic carboxylic acids is 1. The van der Waals surface area contributed by atoms with Crippen molar-refractivity contribution in [3.8, 4) is 0 Å². The Kier molecular flexibility index (Phi) is 3.26. The van der Waals surface area contributed by atoms with Crippen LogP contribution in [-0.2, 0) is 9.59 Å². The van der Waals surface area contributed by atoms with Crippen LogP contribution in [0.25, 0.3) is 0 Å². The van der Waals surface area contributed by atoms with E-state index in [1.807, 2.05) is 0 Å². The SMILES string of the molecule is O=C(Nc1nccs1)[C@@H]1C2CCC(CC2)[C@@H]1C(=O)O. The third kappa shape index (κ3) is 2.25. The lowest BCUT2D eigenvalue weighted by Gasteiger charge is -2.45. The number of hydrogen-bond acceptors (Lipinski definition) is 4. The first-order valence-corrected chi connectivity index (χ1v) is 7.48. The molecule has 0 radical (unpaired) electrons. The molecule has 1 aromatic rings. The largest absolute Gasteiger partial charge is 0.481 e. The van der Waals surface area contributed by atoms with E-state index in [4.69, 9.17) is 0 Å². The van der Waals surface area contributed by atoms with Crippen molar-refractivity contribution in [3.05, 3.63) is 11.6 Å². The summed E-state index contributed by atoms with van der Waals surface area (Å²) in [6.45, 7) is 0. The Hall–Kier alpha value is -1.43. The second kappa shape index (κ2) is 4.92. The topological polar surface area (TPSA) is 79.3 Å². The summed E-state index contributed by atoms with van der Waals surface area (Å²) in [6.07, 6.45) is 5.47. The number of carbonyl (C=O) groups excluding carboxylic acids is 1. The van der Waals surface area contributed by atoms with Gasteiger partial charge in [0.25, 0.3) is 0 Å². The molecule has 3 fully saturated rings. The minimum Gasteiger partial charge on any atom is -0.481 e. The molecule has 0 aliphatic heterocycles. The van der Waals surface area contributed by atoms with E-state index in [0.717, 1.165) is 25.7 Å². The van der Waals surface area contributed by atoms with Crippen molar-refractivity contribution in [1.82, 2.24) is 4.98 Å². The Balaban J connectivity index is 1.80. The zero-order valence-electron chi connectivity index (χ0n) is 10.4. The van der Waals surface area contributed by atoms with Crippen LogP contribution in [0.15, 0.2) is 11.6 Å². The van der Waals surface area contributed by atoms with Gasteiger partial charge in [-0.25, -0.2) is 4.98 Å². The fourth-order valence-electron chi connectivity index (χ4n) is 3.66. The average molecular weight is 280 g/mol. The summed E-state index contributed by atoms with van der Waals surface area (Å²) >= 11 is 1.35. The van der Waals surface area contributed by atoms with E-state index in [9.17, 15) is 14.7 Å². The van der Waals surface area contributed by atoms with Crippen molar-refractivity contribution in [2.75, 3.05) is 5.32 Å². The van der Waals surface area contributed by atoms with Gasteiger partial charge < -0.3 is 10.4 Å². The van der Waals surface area contributed by atoms with Crippen molar-refractivity contribution in [3.63, 3.8) is 0 Å². The first-order valence-electron chi connectivity index (χ1n) is 6.60. The number of anilines is 1. The maximum Gasteiger partial charge on any atom is 0.307 e. The molecular weight excluding hydrogens is 264 g/mol. The van der Waals surface area contributed by atoms with E-state index in [1.165, 1.54) is 11.3 Å². The van der Waals surface area contributed by atoms with Crippen LogP contribution in [0.3, 0.4) is 0 Å². The fourth-order valence-corrected chi connectivity index (χ4v) is 4.19. The maximum absolute atomic E-state index is 12.4. The highest BCUT2D eigenvalue weighted by Crippen LogP contribution is 2.49. The van der Waals surface area contributed by atoms with Gasteiger partial charge in [-0.3, -0.25) is 9.59 Å². The molecule has 6 heteroatoms. The molecule has 4 rings (SSSR count). The van der Waals surface area contributed by atoms with Crippen LogP contribution in [-0.4, -0.2) is 22.0 Å². The highest BCUT2D eigenvalue weighted by atomic mass is 32.1. The molecule has 1 amide bonds. The lowest BCUT2D eigenvalue weighted by molar-refractivity contribution is -0.156. The van der Waals surface area contributed by atoms with Crippen LogP contribution in [0.4, 0.5) is 5.13 Å². The molecule has 0 aromatic carbocycles. The van der Waals surface area contributed by atoms with Gasteiger partial charge in [0, 0.05) is 11.6 Å². The quantitative estimate of drug-likeness (QED) is 0.889. The van der Waals surface area contributed by atoms with Crippen LogP contribution in [0.1, 0.15) is 25.7 Å². The first-order chi connectivity index (χ1) is 9.16. The Bertz CT molecular complexity index is 480. The van der Waals surface area contributed by atoms with Gasteiger partial charge in [0.15, 0.2) is 5.13 Å². The second-order valence-corrected chi connectivity index (χ2v) is 6.29. The highest BCUT2D eigenvalue weighted by molar-refractivity contribution is 7.13. The van der Waals surface area contributed by atoms with Gasteiger partial charge in [0.05, 0.1) is 11.8 Å². The molecule has 3 aliphatic rings. The number of carboxylic acids is 1. The highest BCUT2D eigenvalue weighted by Gasteiger charge is 2.50. The monoisotopic (exact) mass is 280 g/mol. The van der Waals surface area contributed by atoms with Crippen LogP contribution < -0.4 is 5.32 Å². The molecule has 2 atom stereocenters. The fraction of sp³-hybridized carbons (Fsp3) is 0.615. The summed E-state index contributed by atoms with van der Waals surface area (Å²) in [5, 5.41) is 14.5. The van der Waals surface area contributed by atoms with Crippen molar-refractivity contribution in [2.24, 2.45) is 23.7 Å². The van der Waals surface area contributed by atoms with E-state index in [1.54, 1.807) is 11.6 Å². The van der Waals surface area contributed by atoms with E-state index >= 15 is 0 Å². The molecular formula is C13H16N2O3S. The Morgan fingerprint density at radius 3 is 2.37 bits per heavy atom. The van der Waals surface area contributed by atoms with Crippen LogP contribution in [0.5, 0.6) is 0 Å². The van der Waals surface area contributed by atoms with Crippen LogP contribution in [0, 0.1) is 23.7 Å². The summed E-state index contributed by atoms with van der Waals surface area (Å²) in [5.74, 6) is -1.53. The van der Waals surface area contributed by atoms with Gasteiger partial charge >= 0.3 is 5.97 Å². The molecule has 1 heterocycles. The van der Waals surface area contributed by atoms with Gasteiger partial charge in [-0.15, -0.1) is 11.3 Å². The number of thiazole rings is 1. The Morgan fingerprint density at radius 2 is 1.84 bits per heavy atom. The van der Waals surface area contributed by atoms with Crippen molar-refractivity contribution in [2.45, 2.75) is 25.7 Å². The van der Waals surface area contributed by atoms with Crippen LogP contribution >= 0.6 is 11.3 Å². The number of carbonyl (C=O) groups is 2. The van der Waals surface area contributed by atoms with E-state index in [0.29, 0.717) is 5.13 Å².